The molecule has 0 radical (unpaired) electrons. The van der Waals surface area contributed by atoms with E-state index in [-0.39, 0.29) is 0 Å². The predicted octanol–water partition coefficient (Wildman–Crippen LogP) is 5.78. The third-order valence-electron chi connectivity index (χ3n) is 4.86. The molecule has 1 aliphatic rings. The number of nitrogens with zero attached hydrogens (tertiary/aromatic N) is 3. The summed E-state index contributed by atoms with van der Waals surface area (Å²) in [6.07, 6.45) is 6.41. The first-order valence-electron chi connectivity index (χ1n) is 8.48. The topological polar surface area (TPSA) is 29.0 Å². The van der Waals surface area contributed by atoms with Crippen LogP contribution in [0.2, 0.25) is 5.28 Å². The molecule has 24 heavy (non-hydrogen) atoms. The Bertz CT molecular complexity index is 840. The van der Waals surface area contributed by atoms with Gasteiger partial charge >= 0.3 is 0 Å². The van der Waals surface area contributed by atoms with Crippen molar-refractivity contribution in [1.29, 1.82) is 0 Å². The van der Waals surface area contributed by atoms with Crippen molar-refractivity contribution in [3.63, 3.8) is 0 Å². The monoisotopic (exact) mass is 357 g/mol. The fourth-order valence-corrected chi connectivity index (χ4v) is 4.78. The average molecular weight is 358 g/mol. The Balaban J connectivity index is 1.78. The zero-order valence-electron chi connectivity index (χ0n) is 13.7. The summed E-state index contributed by atoms with van der Waals surface area (Å²) < 4.78 is 0. The molecule has 124 valence electrons. The van der Waals surface area contributed by atoms with Crippen molar-refractivity contribution >= 4 is 39.0 Å². The first kappa shape index (κ1) is 15.9. The highest BCUT2D eigenvalue weighted by atomic mass is 35.5. The van der Waals surface area contributed by atoms with Crippen LogP contribution < -0.4 is 4.90 Å². The Hall–Kier alpha value is -1.65. The van der Waals surface area contributed by atoms with Crippen LogP contribution in [0.15, 0.2) is 36.4 Å². The van der Waals surface area contributed by atoms with Crippen molar-refractivity contribution in [3.05, 3.63) is 41.7 Å². The Morgan fingerprint density at radius 1 is 1.08 bits per heavy atom. The fraction of sp³-hybridized carbons (Fsp3) is 0.368. The lowest BCUT2D eigenvalue weighted by atomic mass is 9.94. The van der Waals surface area contributed by atoms with Gasteiger partial charge in [-0.3, -0.25) is 0 Å². The summed E-state index contributed by atoms with van der Waals surface area (Å²) in [5.74, 6) is 0.968. The van der Waals surface area contributed by atoms with Gasteiger partial charge in [-0.15, -0.1) is 11.3 Å². The van der Waals surface area contributed by atoms with Gasteiger partial charge in [-0.2, -0.15) is 4.98 Å². The number of rotatable bonds is 3. The fourth-order valence-electron chi connectivity index (χ4n) is 3.54. The quantitative estimate of drug-likeness (QED) is 0.556. The molecule has 0 N–H and O–H groups in total. The Labute approximate surface area is 151 Å². The highest BCUT2D eigenvalue weighted by molar-refractivity contribution is 7.22. The van der Waals surface area contributed by atoms with E-state index >= 15 is 0 Å². The standard InChI is InChI=1S/C19H20ClN3S/c1-23(14-10-6-3-7-11-14)17-15-12-16(13-8-4-2-5-9-13)24-18(15)22-19(20)21-17/h2,4-5,8-9,12,14H,3,6-7,10-11H2,1H3. The van der Waals surface area contributed by atoms with Gasteiger partial charge in [0.25, 0.3) is 0 Å². The van der Waals surface area contributed by atoms with Crippen LogP contribution >= 0.6 is 22.9 Å². The van der Waals surface area contributed by atoms with Crippen molar-refractivity contribution in [2.75, 3.05) is 11.9 Å². The van der Waals surface area contributed by atoms with Gasteiger partial charge < -0.3 is 4.90 Å². The summed E-state index contributed by atoms with van der Waals surface area (Å²) in [5.41, 5.74) is 1.21. The Kier molecular flexibility index (Phi) is 4.42. The van der Waals surface area contributed by atoms with E-state index in [0.717, 1.165) is 16.0 Å². The number of thiophene rings is 1. The molecular formula is C19H20ClN3S. The lowest BCUT2D eigenvalue weighted by Crippen LogP contribution is -2.34. The predicted molar refractivity (Wildman–Crippen MR) is 103 cm³/mol. The van der Waals surface area contributed by atoms with E-state index in [9.17, 15) is 0 Å². The molecule has 0 bridgehead atoms. The summed E-state index contributed by atoms with van der Waals surface area (Å²) in [4.78, 5) is 13.5. The molecule has 2 aromatic heterocycles. The minimum atomic E-state index is 0.335. The van der Waals surface area contributed by atoms with Crippen LogP contribution in [-0.2, 0) is 0 Å². The first-order valence-corrected chi connectivity index (χ1v) is 9.67. The van der Waals surface area contributed by atoms with Crippen LogP contribution in [0.25, 0.3) is 20.7 Å². The molecule has 0 aliphatic heterocycles. The summed E-state index contributed by atoms with van der Waals surface area (Å²) in [6.45, 7) is 0. The van der Waals surface area contributed by atoms with Crippen molar-refractivity contribution in [1.82, 2.24) is 9.97 Å². The number of halogens is 1. The molecule has 1 fully saturated rings. The van der Waals surface area contributed by atoms with Gasteiger partial charge in [-0.25, -0.2) is 4.98 Å². The summed E-state index contributed by atoms with van der Waals surface area (Å²) in [7, 11) is 2.15. The molecular weight excluding hydrogens is 338 g/mol. The molecule has 0 amide bonds. The first-order chi connectivity index (χ1) is 11.7. The molecule has 1 saturated carbocycles. The van der Waals surface area contributed by atoms with Crippen LogP contribution in [0, 0.1) is 0 Å². The number of anilines is 1. The summed E-state index contributed by atoms with van der Waals surface area (Å²) in [6, 6.07) is 13.2. The van der Waals surface area contributed by atoms with Crippen LogP contribution in [0.5, 0.6) is 0 Å². The SMILES string of the molecule is CN(c1nc(Cl)nc2sc(-c3ccccc3)cc12)C1CCCCC1. The maximum atomic E-state index is 6.22. The number of aromatic nitrogens is 2. The maximum absolute atomic E-state index is 6.22. The van der Waals surface area contributed by atoms with Crippen molar-refractivity contribution in [2.24, 2.45) is 0 Å². The molecule has 0 unspecified atom stereocenters. The molecule has 0 spiro atoms. The van der Waals surface area contributed by atoms with Crippen LogP contribution in [-0.4, -0.2) is 23.1 Å². The number of benzene rings is 1. The van der Waals surface area contributed by atoms with Gasteiger partial charge in [0.2, 0.25) is 5.28 Å². The lowest BCUT2D eigenvalue weighted by molar-refractivity contribution is 0.426. The van der Waals surface area contributed by atoms with Crippen molar-refractivity contribution < 1.29 is 0 Å². The third-order valence-corrected chi connectivity index (χ3v) is 6.11. The van der Waals surface area contributed by atoms with Crippen molar-refractivity contribution in [2.45, 2.75) is 38.1 Å². The second kappa shape index (κ2) is 6.69. The normalized spacial score (nSPS) is 15.8. The number of hydrogen-bond acceptors (Lipinski definition) is 4. The molecule has 2 heterocycles. The zero-order chi connectivity index (χ0) is 16.5. The van der Waals surface area contributed by atoms with Crippen LogP contribution in [0.1, 0.15) is 32.1 Å². The third kappa shape index (κ3) is 3.01. The number of hydrogen-bond donors (Lipinski definition) is 0. The summed E-state index contributed by atoms with van der Waals surface area (Å²) in [5, 5.41) is 1.44. The van der Waals surface area contributed by atoms with E-state index in [2.05, 4.69) is 52.2 Å². The zero-order valence-corrected chi connectivity index (χ0v) is 15.3. The van der Waals surface area contributed by atoms with Gasteiger partial charge in [0.1, 0.15) is 10.6 Å². The largest absolute Gasteiger partial charge is 0.356 e. The van der Waals surface area contributed by atoms with Gasteiger partial charge in [-0.1, -0.05) is 49.6 Å². The van der Waals surface area contributed by atoms with E-state index in [1.54, 1.807) is 11.3 Å². The highest BCUT2D eigenvalue weighted by Crippen LogP contribution is 2.38. The van der Waals surface area contributed by atoms with E-state index in [0.29, 0.717) is 11.3 Å². The molecule has 3 aromatic rings. The van der Waals surface area contributed by atoms with Crippen LogP contribution in [0.3, 0.4) is 0 Å². The molecule has 4 rings (SSSR count). The van der Waals surface area contributed by atoms with Gasteiger partial charge in [0.05, 0.1) is 5.39 Å². The second-order valence-corrected chi connectivity index (χ2v) is 7.78. The molecule has 1 aliphatic carbocycles. The maximum Gasteiger partial charge on any atom is 0.225 e. The molecule has 0 saturated heterocycles. The molecule has 3 nitrogen and oxygen atoms in total. The van der Waals surface area contributed by atoms with E-state index < -0.39 is 0 Å². The molecule has 0 atom stereocenters. The Morgan fingerprint density at radius 2 is 1.83 bits per heavy atom. The second-order valence-electron chi connectivity index (χ2n) is 6.41. The van der Waals surface area contributed by atoms with E-state index in [1.807, 2.05) is 6.07 Å². The molecule has 5 heteroatoms. The van der Waals surface area contributed by atoms with E-state index in [4.69, 9.17) is 11.6 Å². The minimum Gasteiger partial charge on any atom is -0.356 e. The summed E-state index contributed by atoms with van der Waals surface area (Å²) >= 11 is 7.90. The average Bonchev–Trinajstić information content (AvgIpc) is 3.06. The Morgan fingerprint density at radius 3 is 2.58 bits per heavy atom. The number of fused-ring (bicyclic) bond motifs is 1. The lowest BCUT2D eigenvalue weighted by Gasteiger charge is -2.32. The molecule has 1 aromatic carbocycles. The van der Waals surface area contributed by atoms with Gasteiger partial charge in [0.15, 0.2) is 0 Å². The minimum absolute atomic E-state index is 0.335. The van der Waals surface area contributed by atoms with Crippen LogP contribution in [0.4, 0.5) is 5.82 Å². The van der Waals surface area contributed by atoms with Crippen molar-refractivity contribution in [3.8, 4) is 10.4 Å². The van der Waals surface area contributed by atoms with Gasteiger partial charge in [0, 0.05) is 18.0 Å². The van der Waals surface area contributed by atoms with Gasteiger partial charge in [-0.05, 0) is 36.1 Å². The smallest absolute Gasteiger partial charge is 0.225 e. The van der Waals surface area contributed by atoms with E-state index in [1.165, 1.54) is 42.5 Å². The highest BCUT2D eigenvalue weighted by Gasteiger charge is 2.22.